The van der Waals surface area contributed by atoms with Crippen molar-refractivity contribution in [3.63, 3.8) is 0 Å². The zero-order chi connectivity index (χ0) is 13.3. The number of rotatable bonds is 6. The van der Waals surface area contributed by atoms with Crippen LogP contribution >= 0.6 is 0 Å². The number of piperidine rings is 1. The van der Waals surface area contributed by atoms with Gasteiger partial charge in [-0.15, -0.1) is 0 Å². The molecule has 0 aromatic heterocycles. The van der Waals surface area contributed by atoms with Gasteiger partial charge in [0.1, 0.15) is 0 Å². The molecular formula is C17H34N2. The lowest BCUT2D eigenvalue weighted by molar-refractivity contribution is 0.138. The Morgan fingerprint density at radius 1 is 0.947 bits per heavy atom. The summed E-state index contributed by atoms with van der Waals surface area (Å²) in [6.07, 6.45) is 15.7. The largest absolute Gasteiger partial charge is 0.313 e. The van der Waals surface area contributed by atoms with Gasteiger partial charge >= 0.3 is 0 Å². The Balaban J connectivity index is 1.65. The molecule has 112 valence electrons. The Labute approximate surface area is 120 Å². The molecule has 0 radical (unpaired) electrons. The summed E-state index contributed by atoms with van der Waals surface area (Å²) < 4.78 is 0. The minimum absolute atomic E-state index is 0.817. The van der Waals surface area contributed by atoms with E-state index in [0.717, 1.165) is 12.1 Å². The Kier molecular flexibility index (Phi) is 7.23. The minimum atomic E-state index is 0.817. The van der Waals surface area contributed by atoms with Crippen molar-refractivity contribution in [3.8, 4) is 0 Å². The fourth-order valence-corrected chi connectivity index (χ4v) is 3.91. The maximum Gasteiger partial charge on any atom is 0.0110 e. The molecule has 0 aromatic carbocycles. The van der Waals surface area contributed by atoms with Gasteiger partial charge < -0.3 is 5.32 Å². The topological polar surface area (TPSA) is 15.3 Å². The number of hydrogen-bond acceptors (Lipinski definition) is 2. The normalized spacial score (nSPS) is 27.3. The molecule has 1 unspecified atom stereocenters. The summed E-state index contributed by atoms with van der Waals surface area (Å²) in [7, 11) is 0. The minimum Gasteiger partial charge on any atom is -0.313 e. The van der Waals surface area contributed by atoms with Gasteiger partial charge in [-0.25, -0.2) is 0 Å². The molecular weight excluding hydrogens is 232 g/mol. The second-order valence-electron chi connectivity index (χ2n) is 6.62. The Hall–Kier alpha value is -0.0800. The number of nitrogens with zero attached hydrogens (tertiary/aromatic N) is 1. The van der Waals surface area contributed by atoms with Gasteiger partial charge in [-0.2, -0.15) is 0 Å². The van der Waals surface area contributed by atoms with Gasteiger partial charge in [0.2, 0.25) is 0 Å². The van der Waals surface area contributed by atoms with Gasteiger partial charge in [-0.1, -0.05) is 45.4 Å². The molecule has 1 N–H and O–H groups in total. The summed E-state index contributed by atoms with van der Waals surface area (Å²) >= 11 is 0. The summed E-state index contributed by atoms with van der Waals surface area (Å²) in [5.74, 6) is 0. The lowest BCUT2D eigenvalue weighted by Crippen LogP contribution is -2.44. The van der Waals surface area contributed by atoms with Crippen LogP contribution in [0.4, 0.5) is 0 Å². The fraction of sp³-hybridized carbons (Fsp3) is 1.00. The van der Waals surface area contributed by atoms with Crippen LogP contribution in [0, 0.1) is 0 Å². The van der Waals surface area contributed by atoms with Crippen molar-refractivity contribution >= 4 is 0 Å². The summed E-state index contributed by atoms with van der Waals surface area (Å²) in [5, 5.41) is 3.83. The van der Waals surface area contributed by atoms with E-state index in [2.05, 4.69) is 17.1 Å². The van der Waals surface area contributed by atoms with Gasteiger partial charge in [0.05, 0.1) is 0 Å². The molecule has 2 nitrogen and oxygen atoms in total. The molecule has 2 fully saturated rings. The molecule has 1 saturated heterocycles. The van der Waals surface area contributed by atoms with Crippen LogP contribution in [-0.2, 0) is 0 Å². The van der Waals surface area contributed by atoms with Crippen molar-refractivity contribution in [1.82, 2.24) is 10.2 Å². The lowest BCUT2D eigenvalue weighted by Gasteiger charge is -2.36. The van der Waals surface area contributed by atoms with Crippen LogP contribution in [0.5, 0.6) is 0 Å². The van der Waals surface area contributed by atoms with Gasteiger partial charge in [-0.05, 0) is 38.6 Å². The molecule has 1 aliphatic heterocycles. The quantitative estimate of drug-likeness (QED) is 0.732. The van der Waals surface area contributed by atoms with Crippen LogP contribution in [0.2, 0.25) is 0 Å². The summed E-state index contributed by atoms with van der Waals surface area (Å²) in [4.78, 5) is 2.76. The highest BCUT2D eigenvalue weighted by molar-refractivity contribution is 4.78. The van der Waals surface area contributed by atoms with Crippen molar-refractivity contribution < 1.29 is 0 Å². The van der Waals surface area contributed by atoms with Crippen molar-refractivity contribution in [2.45, 2.75) is 89.6 Å². The standard InChI is InChI=1S/C17H34N2/c1-2-9-17-12-7-8-14-19(17)15-13-18-16-10-5-3-4-6-11-16/h16-18H,2-15H2,1H3. The van der Waals surface area contributed by atoms with Crippen molar-refractivity contribution in [2.24, 2.45) is 0 Å². The predicted molar refractivity (Wildman–Crippen MR) is 83.6 cm³/mol. The molecule has 2 rings (SSSR count). The third-order valence-electron chi connectivity index (χ3n) is 5.06. The van der Waals surface area contributed by atoms with Gasteiger partial charge in [0.25, 0.3) is 0 Å². The maximum absolute atomic E-state index is 3.83. The number of likely N-dealkylation sites (tertiary alicyclic amines) is 1. The molecule has 1 atom stereocenters. The van der Waals surface area contributed by atoms with Gasteiger partial charge in [0.15, 0.2) is 0 Å². The average molecular weight is 266 g/mol. The van der Waals surface area contributed by atoms with E-state index >= 15 is 0 Å². The Morgan fingerprint density at radius 3 is 2.42 bits per heavy atom. The zero-order valence-corrected chi connectivity index (χ0v) is 13.0. The average Bonchev–Trinajstić information content (AvgIpc) is 2.70. The van der Waals surface area contributed by atoms with Crippen LogP contribution in [0.15, 0.2) is 0 Å². The fourth-order valence-electron chi connectivity index (χ4n) is 3.91. The van der Waals surface area contributed by atoms with E-state index in [1.54, 1.807) is 0 Å². The molecule has 19 heavy (non-hydrogen) atoms. The van der Waals surface area contributed by atoms with E-state index in [1.165, 1.54) is 90.3 Å². The molecule has 0 bridgehead atoms. The molecule has 0 spiro atoms. The van der Waals surface area contributed by atoms with Gasteiger partial charge in [0, 0.05) is 25.2 Å². The lowest BCUT2D eigenvalue weighted by atomic mass is 9.98. The molecule has 1 aliphatic carbocycles. The Morgan fingerprint density at radius 2 is 1.68 bits per heavy atom. The van der Waals surface area contributed by atoms with Crippen LogP contribution in [0.3, 0.4) is 0 Å². The molecule has 2 aliphatic rings. The molecule has 1 saturated carbocycles. The van der Waals surface area contributed by atoms with E-state index < -0.39 is 0 Å². The number of hydrogen-bond donors (Lipinski definition) is 1. The van der Waals surface area contributed by atoms with Crippen LogP contribution in [0.1, 0.15) is 77.6 Å². The number of nitrogens with one attached hydrogen (secondary N) is 1. The van der Waals surface area contributed by atoms with Crippen molar-refractivity contribution in [3.05, 3.63) is 0 Å². The molecule has 0 amide bonds. The summed E-state index contributed by atoms with van der Waals surface area (Å²) in [6, 6.07) is 1.70. The highest BCUT2D eigenvalue weighted by atomic mass is 15.2. The van der Waals surface area contributed by atoms with Crippen molar-refractivity contribution in [2.75, 3.05) is 19.6 Å². The molecule has 2 heteroatoms. The van der Waals surface area contributed by atoms with E-state index in [1.807, 2.05) is 0 Å². The summed E-state index contributed by atoms with van der Waals surface area (Å²) in [5.41, 5.74) is 0. The van der Waals surface area contributed by atoms with E-state index in [0.29, 0.717) is 0 Å². The maximum atomic E-state index is 3.83. The van der Waals surface area contributed by atoms with Crippen LogP contribution in [0.25, 0.3) is 0 Å². The SMILES string of the molecule is CCCC1CCCCN1CCNC1CCCCCC1. The monoisotopic (exact) mass is 266 g/mol. The van der Waals surface area contributed by atoms with E-state index in [-0.39, 0.29) is 0 Å². The highest BCUT2D eigenvalue weighted by Gasteiger charge is 2.21. The van der Waals surface area contributed by atoms with Crippen molar-refractivity contribution in [1.29, 1.82) is 0 Å². The predicted octanol–water partition coefficient (Wildman–Crippen LogP) is 3.95. The zero-order valence-electron chi connectivity index (χ0n) is 13.0. The third kappa shape index (κ3) is 5.43. The molecule has 1 heterocycles. The first-order valence-electron chi connectivity index (χ1n) is 8.87. The van der Waals surface area contributed by atoms with Gasteiger partial charge in [-0.3, -0.25) is 4.90 Å². The smallest absolute Gasteiger partial charge is 0.0110 e. The van der Waals surface area contributed by atoms with Crippen LogP contribution < -0.4 is 5.32 Å². The first kappa shape index (κ1) is 15.3. The van der Waals surface area contributed by atoms with E-state index in [4.69, 9.17) is 0 Å². The first-order valence-corrected chi connectivity index (χ1v) is 8.87. The second kappa shape index (κ2) is 8.97. The highest BCUT2D eigenvalue weighted by Crippen LogP contribution is 2.20. The van der Waals surface area contributed by atoms with E-state index in [9.17, 15) is 0 Å². The third-order valence-corrected chi connectivity index (χ3v) is 5.06. The molecule has 0 aromatic rings. The first-order chi connectivity index (χ1) is 9.40. The summed E-state index contributed by atoms with van der Waals surface area (Å²) in [6.45, 7) is 6.17. The second-order valence-corrected chi connectivity index (χ2v) is 6.62. The Bertz CT molecular complexity index is 219. The van der Waals surface area contributed by atoms with Crippen LogP contribution in [-0.4, -0.2) is 36.6 Å².